The molecule has 15 heavy (non-hydrogen) atoms. The van der Waals surface area contributed by atoms with Crippen LogP contribution in [0.4, 0.5) is 4.79 Å². The second-order valence-corrected chi connectivity index (χ2v) is 4.36. The minimum atomic E-state index is -0.212. The molecular weight excluding hydrogens is 190 g/mol. The van der Waals surface area contributed by atoms with Gasteiger partial charge in [-0.25, -0.2) is 4.79 Å². The third-order valence-electron chi connectivity index (χ3n) is 3.23. The molecule has 2 fully saturated rings. The monoisotopic (exact) mass is 207 g/mol. The Balaban J connectivity index is 1.86. The highest BCUT2D eigenvalue weighted by atomic mass is 16.6. The fourth-order valence-electron chi connectivity index (χ4n) is 2.25. The molecule has 0 aromatic heterocycles. The van der Waals surface area contributed by atoms with Crippen LogP contribution in [-0.2, 0) is 4.74 Å². The van der Waals surface area contributed by atoms with Crippen LogP contribution >= 0.6 is 0 Å². The molecule has 2 aliphatic rings. The summed E-state index contributed by atoms with van der Waals surface area (Å²) < 4.78 is 5.19. The largest absolute Gasteiger partial charge is 0.449 e. The predicted molar refractivity (Wildman–Crippen MR) is 57.2 cm³/mol. The number of hydrogen-bond acceptors (Lipinski definition) is 2. The number of unbranched alkanes of at least 4 members (excludes halogenated alkanes) is 1. The number of amides is 1. The highest BCUT2D eigenvalue weighted by Crippen LogP contribution is 2.47. The van der Waals surface area contributed by atoms with Gasteiger partial charge in [0.05, 0.1) is 12.6 Å². The number of terminal acetylenes is 1. The van der Waals surface area contributed by atoms with Crippen molar-refractivity contribution in [2.75, 3.05) is 6.61 Å². The molecule has 2 rings (SSSR count). The van der Waals surface area contributed by atoms with E-state index < -0.39 is 0 Å². The normalized spacial score (nSPS) is 32.0. The lowest BCUT2D eigenvalue weighted by molar-refractivity contribution is 0.0969. The van der Waals surface area contributed by atoms with Gasteiger partial charge >= 0.3 is 6.09 Å². The van der Waals surface area contributed by atoms with Crippen LogP contribution in [0.1, 0.15) is 32.6 Å². The van der Waals surface area contributed by atoms with E-state index in [9.17, 15) is 4.79 Å². The lowest BCUT2D eigenvalue weighted by Crippen LogP contribution is -2.38. The average Bonchev–Trinajstić information content (AvgIpc) is 2.89. The number of ether oxygens (including phenoxy) is 1. The molecule has 0 unspecified atom stereocenters. The van der Waals surface area contributed by atoms with Crippen molar-refractivity contribution in [1.82, 2.24) is 4.90 Å². The average molecular weight is 207 g/mol. The van der Waals surface area contributed by atoms with Crippen LogP contribution in [0.3, 0.4) is 0 Å². The Hall–Kier alpha value is -1.17. The summed E-state index contributed by atoms with van der Waals surface area (Å²) in [5.74, 6) is 3.31. The highest BCUT2D eigenvalue weighted by Gasteiger charge is 2.54. The van der Waals surface area contributed by atoms with Crippen LogP contribution in [0.15, 0.2) is 0 Å². The first kappa shape index (κ1) is 10.4. The van der Waals surface area contributed by atoms with Gasteiger partial charge in [-0.2, -0.15) is 0 Å². The summed E-state index contributed by atoms with van der Waals surface area (Å²) in [7, 11) is 0. The van der Waals surface area contributed by atoms with Gasteiger partial charge in [0.25, 0.3) is 0 Å². The summed E-state index contributed by atoms with van der Waals surface area (Å²) in [4.78, 5) is 13.5. The second-order valence-electron chi connectivity index (χ2n) is 4.36. The zero-order chi connectivity index (χ0) is 10.8. The Morgan fingerprint density at radius 3 is 3.07 bits per heavy atom. The Labute approximate surface area is 90.8 Å². The highest BCUT2D eigenvalue weighted by molar-refractivity contribution is 5.70. The van der Waals surface area contributed by atoms with Gasteiger partial charge in [-0.05, 0) is 25.2 Å². The van der Waals surface area contributed by atoms with Crippen LogP contribution in [-0.4, -0.2) is 29.7 Å². The number of piperidine rings is 1. The summed E-state index contributed by atoms with van der Waals surface area (Å²) in [5, 5.41) is 0. The summed E-state index contributed by atoms with van der Waals surface area (Å²) in [6.07, 6.45) is 9.23. The van der Waals surface area contributed by atoms with Crippen LogP contribution in [0.25, 0.3) is 0 Å². The lowest BCUT2D eigenvalue weighted by Gasteiger charge is -2.22. The minimum absolute atomic E-state index is 0.0251. The van der Waals surface area contributed by atoms with Crippen molar-refractivity contribution in [2.45, 2.75) is 44.7 Å². The van der Waals surface area contributed by atoms with Crippen molar-refractivity contribution < 1.29 is 9.53 Å². The van der Waals surface area contributed by atoms with Crippen molar-refractivity contribution in [3.8, 4) is 12.3 Å². The summed E-state index contributed by atoms with van der Waals surface area (Å²) in [5.41, 5.74) is 0. The van der Waals surface area contributed by atoms with Gasteiger partial charge in [-0.1, -0.05) is 19.3 Å². The quantitative estimate of drug-likeness (QED) is 0.523. The molecule has 3 atom stereocenters. The number of carbonyl (C=O) groups is 1. The number of nitrogens with zero attached hydrogens (tertiary/aromatic N) is 1. The van der Waals surface area contributed by atoms with E-state index in [1.54, 1.807) is 4.90 Å². The number of hydrogen-bond donors (Lipinski definition) is 0. The zero-order valence-corrected chi connectivity index (χ0v) is 9.11. The molecule has 1 amide bonds. The SMILES string of the molecule is C#C[C@H]1C[C@H]2C[C@H]2N1C(=O)OCCCC. The van der Waals surface area contributed by atoms with E-state index in [-0.39, 0.29) is 12.1 Å². The summed E-state index contributed by atoms with van der Waals surface area (Å²) in [6, 6.07) is 0.350. The van der Waals surface area contributed by atoms with Crippen LogP contribution in [0.5, 0.6) is 0 Å². The van der Waals surface area contributed by atoms with Crippen LogP contribution in [0.2, 0.25) is 0 Å². The first-order valence-corrected chi connectivity index (χ1v) is 5.69. The zero-order valence-electron chi connectivity index (χ0n) is 9.11. The van der Waals surface area contributed by atoms with E-state index in [4.69, 9.17) is 11.2 Å². The molecule has 0 radical (unpaired) electrons. The molecule has 3 heteroatoms. The lowest BCUT2D eigenvalue weighted by atomic mass is 10.2. The topological polar surface area (TPSA) is 29.5 Å². The number of fused-ring (bicyclic) bond motifs is 1. The van der Waals surface area contributed by atoms with Crippen molar-refractivity contribution in [2.24, 2.45) is 5.92 Å². The van der Waals surface area contributed by atoms with E-state index >= 15 is 0 Å². The molecule has 0 aromatic carbocycles. The molecule has 1 aliphatic carbocycles. The van der Waals surface area contributed by atoms with Gasteiger partial charge in [-0.3, -0.25) is 4.90 Å². The Bertz CT molecular complexity index is 294. The van der Waals surface area contributed by atoms with E-state index in [1.807, 2.05) is 0 Å². The first-order chi connectivity index (χ1) is 7.27. The molecule has 82 valence electrons. The number of carbonyl (C=O) groups excluding carboxylic acids is 1. The van der Waals surface area contributed by atoms with Crippen molar-refractivity contribution in [3.63, 3.8) is 0 Å². The van der Waals surface area contributed by atoms with E-state index in [2.05, 4.69) is 12.8 Å². The fourth-order valence-corrected chi connectivity index (χ4v) is 2.25. The van der Waals surface area contributed by atoms with E-state index in [1.165, 1.54) is 0 Å². The Morgan fingerprint density at radius 1 is 1.60 bits per heavy atom. The molecule has 1 aliphatic heterocycles. The molecule has 1 saturated carbocycles. The number of rotatable bonds is 3. The molecule has 0 spiro atoms. The van der Waals surface area contributed by atoms with E-state index in [0.717, 1.165) is 25.7 Å². The molecule has 1 heterocycles. The predicted octanol–water partition coefficient (Wildman–Crippen LogP) is 2.02. The van der Waals surface area contributed by atoms with Gasteiger partial charge in [0, 0.05) is 6.04 Å². The van der Waals surface area contributed by atoms with Crippen molar-refractivity contribution >= 4 is 6.09 Å². The summed E-state index contributed by atoms with van der Waals surface area (Å²) in [6.45, 7) is 2.59. The first-order valence-electron chi connectivity index (χ1n) is 5.69. The third-order valence-corrected chi connectivity index (χ3v) is 3.23. The standard InChI is InChI=1S/C12H17NO2/c1-3-5-6-15-12(14)13-10(4-2)7-9-8-11(9)13/h2,9-11H,3,5-8H2,1H3/t9-,10-,11+/m0/s1. The fraction of sp³-hybridized carbons (Fsp3) is 0.750. The summed E-state index contributed by atoms with van der Waals surface area (Å²) >= 11 is 0. The van der Waals surface area contributed by atoms with Gasteiger partial charge < -0.3 is 4.74 Å². The maximum absolute atomic E-state index is 11.7. The van der Waals surface area contributed by atoms with Crippen LogP contribution in [0, 0.1) is 18.3 Å². The van der Waals surface area contributed by atoms with Gasteiger partial charge in [0.15, 0.2) is 0 Å². The van der Waals surface area contributed by atoms with Gasteiger partial charge in [-0.15, -0.1) is 6.42 Å². The van der Waals surface area contributed by atoms with E-state index in [0.29, 0.717) is 18.6 Å². The molecular formula is C12H17NO2. The molecule has 0 N–H and O–H groups in total. The Kier molecular flexibility index (Phi) is 2.86. The van der Waals surface area contributed by atoms with Crippen molar-refractivity contribution in [3.05, 3.63) is 0 Å². The maximum atomic E-state index is 11.7. The Morgan fingerprint density at radius 2 is 2.40 bits per heavy atom. The maximum Gasteiger partial charge on any atom is 0.411 e. The van der Waals surface area contributed by atoms with Crippen LogP contribution < -0.4 is 0 Å². The molecule has 1 saturated heterocycles. The third kappa shape index (κ3) is 1.94. The number of likely N-dealkylation sites (tertiary alicyclic amines) is 1. The minimum Gasteiger partial charge on any atom is -0.449 e. The van der Waals surface area contributed by atoms with Gasteiger partial charge in [0.1, 0.15) is 0 Å². The molecule has 0 aromatic rings. The molecule has 3 nitrogen and oxygen atoms in total. The second kappa shape index (κ2) is 4.14. The van der Waals surface area contributed by atoms with Gasteiger partial charge in [0.2, 0.25) is 0 Å². The molecule has 0 bridgehead atoms. The van der Waals surface area contributed by atoms with Crippen molar-refractivity contribution in [1.29, 1.82) is 0 Å². The smallest absolute Gasteiger partial charge is 0.411 e.